The van der Waals surface area contributed by atoms with Crippen LogP contribution in [-0.4, -0.2) is 38.1 Å². The van der Waals surface area contributed by atoms with Gasteiger partial charge in [0, 0.05) is 0 Å². The van der Waals surface area contributed by atoms with Gasteiger partial charge in [0.2, 0.25) is 0 Å². The van der Waals surface area contributed by atoms with E-state index in [-0.39, 0.29) is 0 Å². The van der Waals surface area contributed by atoms with E-state index >= 15 is 0 Å². The molecule has 0 saturated heterocycles. The van der Waals surface area contributed by atoms with Crippen molar-refractivity contribution in [2.75, 3.05) is 33.2 Å². The second kappa shape index (κ2) is 9.05. The number of hydrogen-bond donors (Lipinski definition) is 1. The number of unbranched alkanes of at least 4 members (excludes halogenated alkanes) is 1. The van der Waals surface area contributed by atoms with Gasteiger partial charge >= 0.3 is 0 Å². The molecule has 0 aromatic heterocycles. The Morgan fingerprint density at radius 1 is 1.36 bits per heavy atom. The average Bonchev–Trinajstić information content (AvgIpc) is 2.11. The monoisotopic (exact) mass is 196 g/mol. The molecule has 0 spiro atoms. The molecular formula is C12H24N2. The Hall–Kier alpha value is -0.520. The van der Waals surface area contributed by atoms with Crippen LogP contribution in [0, 0.1) is 18.3 Å². The summed E-state index contributed by atoms with van der Waals surface area (Å²) in [6.07, 6.45) is 7.67. The van der Waals surface area contributed by atoms with E-state index in [1.807, 2.05) is 0 Å². The molecule has 2 heteroatoms. The fourth-order valence-corrected chi connectivity index (χ4v) is 1.26. The zero-order chi connectivity index (χ0) is 10.8. The molecular weight excluding hydrogens is 172 g/mol. The van der Waals surface area contributed by atoms with Crippen molar-refractivity contribution >= 4 is 0 Å². The van der Waals surface area contributed by atoms with Crippen molar-refractivity contribution in [2.24, 2.45) is 5.92 Å². The minimum absolute atomic E-state index is 0.749. The fourth-order valence-electron chi connectivity index (χ4n) is 1.26. The van der Waals surface area contributed by atoms with Crippen LogP contribution in [0.4, 0.5) is 0 Å². The van der Waals surface area contributed by atoms with Gasteiger partial charge in [0.15, 0.2) is 0 Å². The predicted octanol–water partition coefficient (Wildman–Crippen LogP) is 1.58. The molecule has 0 aromatic rings. The van der Waals surface area contributed by atoms with Gasteiger partial charge in [-0.3, -0.25) is 4.90 Å². The van der Waals surface area contributed by atoms with Gasteiger partial charge in [0.05, 0.1) is 6.54 Å². The topological polar surface area (TPSA) is 15.3 Å². The van der Waals surface area contributed by atoms with E-state index in [0.717, 1.165) is 32.1 Å². The summed E-state index contributed by atoms with van der Waals surface area (Å²) in [6, 6.07) is 0. The quantitative estimate of drug-likeness (QED) is 0.468. The second-order valence-electron chi connectivity index (χ2n) is 4.25. The lowest BCUT2D eigenvalue weighted by Gasteiger charge is -2.13. The molecule has 14 heavy (non-hydrogen) atoms. The number of terminal acetylenes is 1. The van der Waals surface area contributed by atoms with Crippen LogP contribution in [0.5, 0.6) is 0 Å². The lowest BCUT2D eigenvalue weighted by molar-refractivity contribution is 0.362. The third-order valence-corrected chi connectivity index (χ3v) is 2.06. The van der Waals surface area contributed by atoms with E-state index < -0.39 is 0 Å². The van der Waals surface area contributed by atoms with E-state index in [9.17, 15) is 0 Å². The first-order chi connectivity index (χ1) is 6.66. The first-order valence-electron chi connectivity index (χ1n) is 5.49. The third kappa shape index (κ3) is 9.57. The maximum Gasteiger partial charge on any atom is 0.0596 e. The normalized spacial score (nSPS) is 10.9. The van der Waals surface area contributed by atoms with E-state index in [2.05, 4.69) is 37.0 Å². The Labute approximate surface area is 89.1 Å². The van der Waals surface area contributed by atoms with Gasteiger partial charge in [-0.05, 0) is 45.4 Å². The summed E-state index contributed by atoms with van der Waals surface area (Å²) in [7, 11) is 2.07. The summed E-state index contributed by atoms with van der Waals surface area (Å²) >= 11 is 0. The van der Waals surface area contributed by atoms with Crippen molar-refractivity contribution < 1.29 is 0 Å². The number of hydrogen-bond acceptors (Lipinski definition) is 2. The van der Waals surface area contributed by atoms with Gasteiger partial charge in [-0.15, -0.1) is 6.42 Å². The van der Waals surface area contributed by atoms with Gasteiger partial charge in [-0.2, -0.15) is 0 Å². The van der Waals surface area contributed by atoms with Crippen LogP contribution in [0.25, 0.3) is 0 Å². The third-order valence-electron chi connectivity index (χ3n) is 2.06. The highest BCUT2D eigenvalue weighted by atomic mass is 15.1. The highest BCUT2D eigenvalue weighted by Gasteiger charge is 1.96. The molecule has 0 aliphatic carbocycles. The van der Waals surface area contributed by atoms with Crippen molar-refractivity contribution in [3.8, 4) is 12.3 Å². The standard InChI is InChI=1S/C12H24N2/c1-5-9-14(4)10-7-6-8-13-11-12(2)3/h1,12-13H,6-11H2,2-4H3. The lowest BCUT2D eigenvalue weighted by Crippen LogP contribution is -2.23. The van der Waals surface area contributed by atoms with E-state index in [4.69, 9.17) is 6.42 Å². The molecule has 0 bridgehead atoms. The molecule has 0 radical (unpaired) electrons. The minimum Gasteiger partial charge on any atom is -0.316 e. The van der Waals surface area contributed by atoms with Crippen molar-refractivity contribution in [3.05, 3.63) is 0 Å². The summed E-state index contributed by atoms with van der Waals surface area (Å²) in [6.45, 7) is 8.58. The molecule has 0 amide bonds. The Morgan fingerprint density at radius 3 is 2.64 bits per heavy atom. The SMILES string of the molecule is C#CCN(C)CCCCNCC(C)C. The first-order valence-corrected chi connectivity index (χ1v) is 5.49. The largest absolute Gasteiger partial charge is 0.316 e. The van der Waals surface area contributed by atoms with Crippen LogP contribution in [0.15, 0.2) is 0 Å². The molecule has 0 aromatic carbocycles. The lowest BCUT2D eigenvalue weighted by atomic mass is 10.2. The zero-order valence-corrected chi connectivity index (χ0v) is 9.84. The first kappa shape index (κ1) is 13.5. The molecule has 0 heterocycles. The summed E-state index contributed by atoms with van der Waals surface area (Å²) in [4.78, 5) is 2.18. The van der Waals surface area contributed by atoms with Gasteiger partial charge in [-0.1, -0.05) is 19.8 Å². The molecule has 82 valence electrons. The van der Waals surface area contributed by atoms with E-state index in [1.165, 1.54) is 12.8 Å². The van der Waals surface area contributed by atoms with Crippen LogP contribution in [-0.2, 0) is 0 Å². The Kier molecular flexibility index (Phi) is 8.72. The van der Waals surface area contributed by atoms with Crippen LogP contribution in [0.3, 0.4) is 0 Å². The molecule has 0 rings (SSSR count). The average molecular weight is 196 g/mol. The van der Waals surface area contributed by atoms with Crippen LogP contribution in [0.2, 0.25) is 0 Å². The second-order valence-corrected chi connectivity index (χ2v) is 4.25. The minimum atomic E-state index is 0.749. The van der Waals surface area contributed by atoms with Gasteiger partial charge in [0.25, 0.3) is 0 Å². The molecule has 0 aliphatic rings. The molecule has 0 fully saturated rings. The Morgan fingerprint density at radius 2 is 2.07 bits per heavy atom. The molecule has 1 N–H and O–H groups in total. The molecule has 0 unspecified atom stereocenters. The van der Waals surface area contributed by atoms with Crippen molar-refractivity contribution in [2.45, 2.75) is 26.7 Å². The molecule has 0 aliphatic heterocycles. The van der Waals surface area contributed by atoms with Gasteiger partial charge in [0.1, 0.15) is 0 Å². The smallest absolute Gasteiger partial charge is 0.0596 e. The Bertz CT molecular complexity index is 158. The van der Waals surface area contributed by atoms with Gasteiger partial charge in [-0.25, -0.2) is 0 Å². The van der Waals surface area contributed by atoms with Gasteiger partial charge < -0.3 is 5.32 Å². The highest BCUT2D eigenvalue weighted by Crippen LogP contribution is 1.92. The molecule has 0 atom stereocenters. The van der Waals surface area contributed by atoms with Crippen LogP contribution < -0.4 is 5.32 Å². The summed E-state index contributed by atoms with van der Waals surface area (Å²) in [5.74, 6) is 3.39. The van der Waals surface area contributed by atoms with Crippen LogP contribution in [0.1, 0.15) is 26.7 Å². The van der Waals surface area contributed by atoms with Crippen molar-refractivity contribution in [1.29, 1.82) is 0 Å². The molecule has 2 nitrogen and oxygen atoms in total. The summed E-state index contributed by atoms with van der Waals surface area (Å²) in [5.41, 5.74) is 0. The summed E-state index contributed by atoms with van der Waals surface area (Å²) < 4.78 is 0. The highest BCUT2D eigenvalue weighted by molar-refractivity contribution is 4.86. The fraction of sp³-hybridized carbons (Fsp3) is 0.833. The Balaban J connectivity index is 3.10. The van der Waals surface area contributed by atoms with E-state index in [0.29, 0.717) is 0 Å². The number of rotatable bonds is 8. The zero-order valence-electron chi connectivity index (χ0n) is 9.84. The summed E-state index contributed by atoms with van der Waals surface area (Å²) in [5, 5.41) is 3.43. The van der Waals surface area contributed by atoms with Crippen LogP contribution >= 0.6 is 0 Å². The number of nitrogens with zero attached hydrogens (tertiary/aromatic N) is 1. The number of nitrogens with one attached hydrogen (secondary N) is 1. The molecule has 0 saturated carbocycles. The van der Waals surface area contributed by atoms with Crippen molar-refractivity contribution in [3.63, 3.8) is 0 Å². The maximum atomic E-state index is 5.21. The maximum absolute atomic E-state index is 5.21. The van der Waals surface area contributed by atoms with Crippen molar-refractivity contribution in [1.82, 2.24) is 10.2 Å². The van der Waals surface area contributed by atoms with E-state index in [1.54, 1.807) is 0 Å². The predicted molar refractivity (Wildman–Crippen MR) is 63.3 cm³/mol.